The summed E-state index contributed by atoms with van der Waals surface area (Å²) in [5.41, 5.74) is 1.20. The van der Waals surface area contributed by atoms with Gasteiger partial charge in [0, 0.05) is 19.0 Å². The summed E-state index contributed by atoms with van der Waals surface area (Å²) in [7, 11) is 1.43. The number of nitrogens with zero attached hydrogens (tertiary/aromatic N) is 4. The maximum atomic E-state index is 11.5. The maximum absolute atomic E-state index is 11.5. The van der Waals surface area contributed by atoms with Gasteiger partial charge in [0.05, 0.1) is 10.7 Å². The molecule has 0 atom stereocenters. The number of allylic oxidation sites excluding steroid dienone is 1. The average molecular weight is 334 g/mol. The van der Waals surface area contributed by atoms with E-state index in [0.29, 0.717) is 16.4 Å². The molecule has 0 saturated carbocycles. The number of nitriles is 1. The number of aromatic amines is 1. The van der Waals surface area contributed by atoms with Gasteiger partial charge in [-0.3, -0.25) is 4.79 Å². The monoisotopic (exact) mass is 333 g/mol. The molecule has 0 radical (unpaired) electrons. The smallest absolute Gasteiger partial charge is 0.250 e. The zero-order valence-corrected chi connectivity index (χ0v) is 12.8. The van der Waals surface area contributed by atoms with Crippen LogP contribution in [0.3, 0.4) is 0 Å². The number of nitrogens with one attached hydrogen (secondary N) is 3. The molecule has 0 spiro atoms. The molecule has 0 unspecified atom stereocenters. The van der Waals surface area contributed by atoms with E-state index < -0.39 is 0 Å². The van der Waals surface area contributed by atoms with E-state index in [4.69, 9.17) is 21.6 Å². The lowest BCUT2D eigenvalue weighted by Crippen LogP contribution is -2.17. The quantitative estimate of drug-likeness (QED) is 0.681. The number of ether oxygens (including phenoxy) is 1. The molecule has 3 N–H and O–H groups in total. The predicted molar refractivity (Wildman–Crippen MR) is 83.3 cm³/mol. The number of carbonyl (C=O) groups excluding carboxylic acids is 1. The Bertz CT molecular complexity index is 752. The number of H-pyrrole nitrogens is 1. The Labute approximate surface area is 136 Å². The first-order valence-electron chi connectivity index (χ1n) is 6.33. The fourth-order valence-electron chi connectivity index (χ4n) is 1.61. The summed E-state index contributed by atoms with van der Waals surface area (Å²) in [5.74, 6) is -0.138. The molecule has 2 aromatic rings. The Kier molecular flexibility index (Phi) is 5.62. The Morgan fingerprint density at radius 2 is 2.39 bits per heavy atom. The molecule has 23 heavy (non-hydrogen) atoms. The first-order valence-corrected chi connectivity index (χ1v) is 6.70. The summed E-state index contributed by atoms with van der Waals surface area (Å²) in [6.07, 6.45) is 1.40. The van der Waals surface area contributed by atoms with E-state index in [1.54, 1.807) is 18.2 Å². The molecule has 2 rings (SSSR count). The lowest BCUT2D eigenvalue weighted by atomic mass is 10.2. The van der Waals surface area contributed by atoms with Gasteiger partial charge in [-0.05, 0) is 23.4 Å². The molecule has 9 nitrogen and oxygen atoms in total. The number of tetrazole rings is 1. The van der Waals surface area contributed by atoms with Crippen LogP contribution in [-0.2, 0) is 9.53 Å². The Morgan fingerprint density at radius 1 is 1.57 bits per heavy atom. The fraction of sp³-hybridized carbons (Fsp3) is 0.154. The second-order valence-electron chi connectivity index (χ2n) is 4.23. The minimum atomic E-state index is -0.291. The number of halogens is 1. The molecule has 1 aromatic heterocycles. The highest BCUT2D eigenvalue weighted by Crippen LogP contribution is 2.26. The molecular weight excluding hydrogens is 322 g/mol. The van der Waals surface area contributed by atoms with E-state index in [9.17, 15) is 4.79 Å². The number of hydrogen-bond donors (Lipinski definition) is 3. The van der Waals surface area contributed by atoms with Crippen molar-refractivity contribution in [1.29, 1.82) is 5.26 Å². The predicted octanol–water partition coefficient (Wildman–Crippen LogP) is 1.41. The van der Waals surface area contributed by atoms with Crippen molar-refractivity contribution in [3.8, 4) is 6.07 Å². The van der Waals surface area contributed by atoms with Crippen molar-refractivity contribution in [2.45, 2.75) is 0 Å². The van der Waals surface area contributed by atoms with Gasteiger partial charge in [-0.1, -0.05) is 11.6 Å². The highest BCUT2D eigenvalue weighted by molar-refractivity contribution is 6.33. The van der Waals surface area contributed by atoms with Gasteiger partial charge < -0.3 is 15.4 Å². The van der Waals surface area contributed by atoms with Crippen molar-refractivity contribution >= 4 is 34.5 Å². The third-order valence-corrected chi connectivity index (χ3v) is 2.93. The molecule has 118 valence electrons. The lowest BCUT2D eigenvalue weighted by molar-refractivity contribution is -0.119. The van der Waals surface area contributed by atoms with E-state index in [0.717, 1.165) is 0 Å². The van der Waals surface area contributed by atoms with Gasteiger partial charge in [0.25, 0.3) is 0 Å². The number of benzene rings is 1. The molecule has 10 heteroatoms. The summed E-state index contributed by atoms with van der Waals surface area (Å²) in [6, 6.07) is 6.82. The standard InChI is InChI=1S/C13H12ClN7O2/c1-23-7-12(22)17-9-2-3-10(14)11(4-9)16-6-8(5-15)13-18-20-21-19-13/h2-4,6,16H,7H2,1H3,(H,17,22)(H,18,19,20,21). The van der Waals surface area contributed by atoms with Crippen molar-refractivity contribution in [3.05, 3.63) is 35.2 Å². The number of carbonyl (C=O) groups is 1. The van der Waals surface area contributed by atoms with Crippen LogP contribution in [-0.4, -0.2) is 40.2 Å². The topological polar surface area (TPSA) is 129 Å². The van der Waals surface area contributed by atoms with Crippen LogP contribution in [0.1, 0.15) is 5.82 Å². The number of methoxy groups -OCH3 is 1. The zero-order chi connectivity index (χ0) is 16.7. The van der Waals surface area contributed by atoms with Crippen LogP contribution in [0.5, 0.6) is 0 Å². The minimum Gasteiger partial charge on any atom is -0.375 e. The molecule has 0 aliphatic heterocycles. The van der Waals surface area contributed by atoms with Crippen LogP contribution in [0, 0.1) is 11.3 Å². The van der Waals surface area contributed by atoms with E-state index in [1.165, 1.54) is 13.3 Å². The third kappa shape index (κ3) is 4.50. The van der Waals surface area contributed by atoms with E-state index in [-0.39, 0.29) is 23.9 Å². The van der Waals surface area contributed by atoms with Crippen molar-refractivity contribution in [2.24, 2.45) is 0 Å². The molecule has 1 aromatic carbocycles. The van der Waals surface area contributed by atoms with Gasteiger partial charge in [-0.2, -0.15) is 10.5 Å². The Balaban J connectivity index is 2.16. The fourth-order valence-corrected chi connectivity index (χ4v) is 1.79. The summed E-state index contributed by atoms with van der Waals surface area (Å²) in [5, 5.41) is 28.1. The Hall–Kier alpha value is -2.96. The number of hydrogen-bond acceptors (Lipinski definition) is 7. The van der Waals surface area contributed by atoms with Crippen molar-refractivity contribution in [1.82, 2.24) is 20.6 Å². The summed E-state index contributed by atoms with van der Waals surface area (Å²) in [6.45, 7) is -0.0539. The SMILES string of the molecule is COCC(=O)Nc1ccc(Cl)c(NC=C(C#N)c2nn[nH]n2)c1. The molecule has 0 fully saturated rings. The van der Waals surface area contributed by atoms with Crippen molar-refractivity contribution < 1.29 is 9.53 Å². The van der Waals surface area contributed by atoms with Crippen LogP contribution >= 0.6 is 11.6 Å². The maximum Gasteiger partial charge on any atom is 0.250 e. The van der Waals surface area contributed by atoms with Crippen molar-refractivity contribution in [2.75, 3.05) is 24.4 Å². The van der Waals surface area contributed by atoms with Crippen LogP contribution in [0.25, 0.3) is 5.57 Å². The summed E-state index contributed by atoms with van der Waals surface area (Å²) >= 11 is 6.08. The minimum absolute atomic E-state index is 0.0539. The highest BCUT2D eigenvalue weighted by atomic mass is 35.5. The van der Waals surface area contributed by atoms with Gasteiger partial charge >= 0.3 is 0 Å². The number of amides is 1. The van der Waals surface area contributed by atoms with E-state index >= 15 is 0 Å². The summed E-state index contributed by atoms with van der Waals surface area (Å²) < 4.78 is 4.74. The van der Waals surface area contributed by atoms with Crippen LogP contribution in [0.4, 0.5) is 11.4 Å². The molecule has 0 saturated heterocycles. The summed E-state index contributed by atoms with van der Waals surface area (Å²) in [4.78, 5) is 11.5. The normalized spacial score (nSPS) is 10.9. The number of anilines is 2. The molecule has 1 heterocycles. The van der Waals surface area contributed by atoms with Crippen LogP contribution < -0.4 is 10.6 Å². The largest absolute Gasteiger partial charge is 0.375 e. The second kappa shape index (κ2) is 7.88. The molecule has 0 aliphatic rings. The van der Waals surface area contributed by atoms with Gasteiger partial charge in [-0.25, -0.2) is 0 Å². The van der Waals surface area contributed by atoms with Crippen molar-refractivity contribution in [3.63, 3.8) is 0 Å². The van der Waals surface area contributed by atoms with Gasteiger partial charge in [-0.15, -0.1) is 10.2 Å². The van der Waals surface area contributed by atoms with Crippen LogP contribution in [0.15, 0.2) is 24.4 Å². The third-order valence-electron chi connectivity index (χ3n) is 2.60. The zero-order valence-electron chi connectivity index (χ0n) is 12.0. The number of aromatic nitrogens is 4. The molecule has 0 bridgehead atoms. The first-order chi connectivity index (χ1) is 11.1. The highest BCUT2D eigenvalue weighted by Gasteiger charge is 2.08. The van der Waals surface area contributed by atoms with Gasteiger partial charge in [0.1, 0.15) is 18.2 Å². The van der Waals surface area contributed by atoms with Crippen LogP contribution in [0.2, 0.25) is 5.02 Å². The van der Waals surface area contributed by atoms with Gasteiger partial charge in [0.15, 0.2) is 0 Å². The second-order valence-corrected chi connectivity index (χ2v) is 4.63. The first kappa shape index (κ1) is 16.4. The molecule has 0 aliphatic carbocycles. The molecular formula is C13H12ClN7O2. The lowest BCUT2D eigenvalue weighted by Gasteiger charge is -2.09. The Morgan fingerprint density at radius 3 is 3.04 bits per heavy atom. The van der Waals surface area contributed by atoms with E-state index in [1.807, 2.05) is 6.07 Å². The van der Waals surface area contributed by atoms with E-state index in [2.05, 4.69) is 31.3 Å². The van der Waals surface area contributed by atoms with Gasteiger partial charge in [0.2, 0.25) is 11.7 Å². The molecule has 1 amide bonds. The average Bonchev–Trinajstić information content (AvgIpc) is 3.05. The number of rotatable bonds is 6.